The van der Waals surface area contributed by atoms with E-state index >= 15 is 0 Å². The topological polar surface area (TPSA) is 64.0 Å². The number of para-hydroxylation sites is 1. The summed E-state index contributed by atoms with van der Waals surface area (Å²) in [5.74, 6) is 0.170. The second kappa shape index (κ2) is 9.27. The highest BCUT2D eigenvalue weighted by atomic mass is 32.2. The van der Waals surface area contributed by atoms with Crippen LogP contribution in [0.4, 0.5) is 0 Å². The zero-order valence-corrected chi connectivity index (χ0v) is 19.2. The SMILES string of the molecule is Cc1ccc(C(C)NC(=O)CSc2nc3ccccc3c(=O)n2C2CCCC2)cc1C. The van der Waals surface area contributed by atoms with Gasteiger partial charge in [-0.3, -0.25) is 14.2 Å². The third kappa shape index (κ3) is 4.69. The van der Waals surface area contributed by atoms with Gasteiger partial charge < -0.3 is 5.32 Å². The molecule has 1 aliphatic rings. The van der Waals surface area contributed by atoms with Crippen molar-refractivity contribution in [1.29, 1.82) is 0 Å². The summed E-state index contributed by atoms with van der Waals surface area (Å²) in [6, 6.07) is 13.8. The maximum atomic E-state index is 13.2. The van der Waals surface area contributed by atoms with Gasteiger partial charge in [-0.1, -0.05) is 54.9 Å². The van der Waals surface area contributed by atoms with Crippen molar-refractivity contribution in [1.82, 2.24) is 14.9 Å². The minimum Gasteiger partial charge on any atom is -0.349 e. The van der Waals surface area contributed by atoms with E-state index in [1.54, 1.807) is 0 Å². The number of nitrogens with zero attached hydrogens (tertiary/aromatic N) is 2. The van der Waals surface area contributed by atoms with E-state index in [4.69, 9.17) is 4.98 Å². The van der Waals surface area contributed by atoms with Gasteiger partial charge in [0.05, 0.1) is 22.7 Å². The Hall–Kier alpha value is -2.60. The number of aromatic nitrogens is 2. The Bertz CT molecular complexity index is 1170. The van der Waals surface area contributed by atoms with Gasteiger partial charge in [-0.15, -0.1) is 0 Å². The molecule has 0 spiro atoms. The van der Waals surface area contributed by atoms with Crippen molar-refractivity contribution < 1.29 is 4.79 Å². The normalized spacial score (nSPS) is 15.3. The molecule has 0 saturated heterocycles. The molecule has 162 valence electrons. The van der Waals surface area contributed by atoms with E-state index in [9.17, 15) is 9.59 Å². The highest BCUT2D eigenvalue weighted by Crippen LogP contribution is 2.32. The summed E-state index contributed by atoms with van der Waals surface area (Å²) in [6.45, 7) is 6.16. The summed E-state index contributed by atoms with van der Waals surface area (Å²) in [5, 5.41) is 4.37. The largest absolute Gasteiger partial charge is 0.349 e. The summed E-state index contributed by atoms with van der Waals surface area (Å²) < 4.78 is 1.83. The van der Waals surface area contributed by atoms with Crippen LogP contribution in [0.15, 0.2) is 52.4 Å². The third-order valence-electron chi connectivity index (χ3n) is 6.21. The Kier molecular flexibility index (Phi) is 6.46. The predicted octanol–water partition coefficient (Wildman–Crippen LogP) is 5.10. The molecule has 0 aliphatic heterocycles. The van der Waals surface area contributed by atoms with E-state index in [0.29, 0.717) is 16.1 Å². The summed E-state index contributed by atoms with van der Waals surface area (Å²) in [4.78, 5) is 30.7. The van der Waals surface area contributed by atoms with Crippen LogP contribution in [0.5, 0.6) is 0 Å². The van der Waals surface area contributed by atoms with Gasteiger partial charge in [0, 0.05) is 6.04 Å². The number of hydrogen-bond donors (Lipinski definition) is 1. The molecule has 1 amide bonds. The predicted molar refractivity (Wildman–Crippen MR) is 127 cm³/mol. The smallest absolute Gasteiger partial charge is 0.262 e. The lowest BCUT2D eigenvalue weighted by Crippen LogP contribution is -2.30. The lowest BCUT2D eigenvalue weighted by molar-refractivity contribution is -0.119. The first kappa shape index (κ1) is 21.6. The second-order valence-electron chi connectivity index (χ2n) is 8.45. The van der Waals surface area contributed by atoms with Crippen LogP contribution in [0.1, 0.15) is 61.4 Å². The van der Waals surface area contributed by atoms with Crippen molar-refractivity contribution in [3.63, 3.8) is 0 Å². The van der Waals surface area contributed by atoms with Crippen molar-refractivity contribution in [2.75, 3.05) is 5.75 Å². The fraction of sp³-hybridized carbons (Fsp3) is 0.400. The highest BCUT2D eigenvalue weighted by Gasteiger charge is 2.23. The zero-order chi connectivity index (χ0) is 22.0. The number of hydrogen-bond acceptors (Lipinski definition) is 4. The van der Waals surface area contributed by atoms with Crippen molar-refractivity contribution in [2.45, 2.75) is 63.7 Å². The molecule has 1 aromatic heterocycles. The number of amides is 1. The van der Waals surface area contributed by atoms with E-state index < -0.39 is 0 Å². The standard InChI is InChI=1S/C25H29N3O2S/c1-16-12-13-19(14-17(16)2)18(3)26-23(29)15-31-25-27-22-11-7-6-10-21(22)24(30)28(25)20-8-4-5-9-20/h6-7,10-14,18,20H,4-5,8-9,15H2,1-3H3,(H,26,29). The number of fused-ring (bicyclic) bond motifs is 1. The van der Waals surface area contributed by atoms with Crippen LogP contribution in [0.25, 0.3) is 10.9 Å². The lowest BCUT2D eigenvalue weighted by Gasteiger charge is -2.19. The summed E-state index contributed by atoms with van der Waals surface area (Å²) >= 11 is 1.35. The Morgan fingerprint density at radius 3 is 2.65 bits per heavy atom. The van der Waals surface area contributed by atoms with Gasteiger partial charge in [-0.2, -0.15) is 0 Å². The van der Waals surface area contributed by atoms with Crippen LogP contribution in [-0.4, -0.2) is 21.2 Å². The van der Waals surface area contributed by atoms with E-state index in [2.05, 4.69) is 37.4 Å². The minimum absolute atomic E-state index is 0.00362. The molecule has 0 bridgehead atoms. The van der Waals surface area contributed by atoms with Crippen molar-refractivity contribution in [3.05, 3.63) is 69.5 Å². The van der Waals surface area contributed by atoms with Gasteiger partial charge in [0.25, 0.3) is 5.56 Å². The van der Waals surface area contributed by atoms with Gasteiger partial charge in [0.15, 0.2) is 5.16 Å². The molecular formula is C25H29N3O2S. The molecular weight excluding hydrogens is 406 g/mol. The Morgan fingerprint density at radius 2 is 1.90 bits per heavy atom. The van der Waals surface area contributed by atoms with Crippen LogP contribution < -0.4 is 10.9 Å². The molecule has 6 heteroatoms. The maximum absolute atomic E-state index is 13.2. The van der Waals surface area contributed by atoms with Crippen LogP contribution >= 0.6 is 11.8 Å². The van der Waals surface area contributed by atoms with Gasteiger partial charge in [-0.05, 0) is 62.4 Å². The van der Waals surface area contributed by atoms with Crippen molar-refractivity contribution in [2.24, 2.45) is 0 Å². The molecule has 4 rings (SSSR count). The first-order valence-electron chi connectivity index (χ1n) is 10.9. The fourth-order valence-corrected chi connectivity index (χ4v) is 5.12. The highest BCUT2D eigenvalue weighted by molar-refractivity contribution is 7.99. The number of nitrogens with one attached hydrogen (secondary N) is 1. The summed E-state index contributed by atoms with van der Waals surface area (Å²) in [6.07, 6.45) is 4.23. The van der Waals surface area contributed by atoms with Crippen LogP contribution in [-0.2, 0) is 4.79 Å². The fourth-order valence-electron chi connectivity index (χ4n) is 4.24. The molecule has 1 N–H and O–H groups in total. The third-order valence-corrected chi connectivity index (χ3v) is 7.16. The molecule has 1 heterocycles. The van der Waals surface area contributed by atoms with Gasteiger partial charge in [0.2, 0.25) is 5.91 Å². The van der Waals surface area contributed by atoms with E-state index in [0.717, 1.165) is 31.2 Å². The molecule has 1 aliphatic carbocycles. The van der Waals surface area contributed by atoms with Crippen LogP contribution in [0.2, 0.25) is 0 Å². The van der Waals surface area contributed by atoms with Crippen LogP contribution in [0, 0.1) is 13.8 Å². The van der Waals surface area contributed by atoms with Crippen molar-refractivity contribution >= 4 is 28.6 Å². The molecule has 1 fully saturated rings. The van der Waals surface area contributed by atoms with Crippen LogP contribution in [0.3, 0.4) is 0 Å². The maximum Gasteiger partial charge on any atom is 0.262 e. The Balaban J connectivity index is 1.52. The molecule has 1 unspecified atom stereocenters. The monoisotopic (exact) mass is 435 g/mol. The first-order valence-corrected chi connectivity index (χ1v) is 11.9. The molecule has 2 aromatic carbocycles. The summed E-state index contributed by atoms with van der Waals surface area (Å²) in [5.41, 5.74) is 4.24. The van der Waals surface area contributed by atoms with E-state index in [-0.39, 0.29) is 29.3 Å². The summed E-state index contributed by atoms with van der Waals surface area (Å²) in [7, 11) is 0. The average Bonchev–Trinajstić information content (AvgIpc) is 3.28. The zero-order valence-electron chi connectivity index (χ0n) is 18.4. The number of benzene rings is 2. The lowest BCUT2D eigenvalue weighted by atomic mass is 10.0. The number of thioether (sulfide) groups is 1. The van der Waals surface area contributed by atoms with Gasteiger partial charge in [0.1, 0.15) is 0 Å². The first-order chi connectivity index (χ1) is 14.9. The van der Waals surface area contributed by atoms with E-state index in [1.165, 1.54) is 22.9 Å². The Labute approximate surface area is 187 Å². The number of carbonyl (C=O) groups excluding carboxylic acids is 1. The van der Waals surface area contributed by atoms with Gasteiger partial charge >= 0.3 is 0 Å². The molecule has 5 nitrogen and oxygen atoms in total. The average molecular weight is 436 g/mol. The number of rotatable bonds is 6. The molecule has 1 atom stereocenters. The molecule has 1 saturated carbocycles. The van der Waals surface area contributed by atoms with Crippen molar-refractivity contribution in [3.8, 4) is 0 Å². The number of aryl methyl sites for hydroxylation is 2. The Morgan fingerprint density at radius 1 is 1.16 bits per heavy atom. The number of carbonyl (C=O) groups is 1. The van der Waals surface area contributed by atoms with Gasteiger partial charge in [-0.25, -0.2) is 4.98 Å². The van der Waals surface area contributed by atoms with E-state index in [1.807, 2.05) is 35.8 Å². The quantitative estimate of drug-likeness (QED) is 0.432. The minimum atomic E-state index is -0.0750. The molecule has 3 aromatic rings. The molecule has 0 radical (unpaired) electrons. The molecule has 31 heavy (non-hydrogen) atoms. The second-order valence-corrected chi connectivity index (χ2v) is 9.39.